The van der Waals surface area contributed by atoms with E-state index in [-0.39, 0.29) is 0 Å². The van der Waals surface area contributed by atoms with E-state index >= 15 is 0 Å². The summed E-state index contributed by atoms with van der Waals surface area (Å²) >= 11 is 0. The van der Waals surface area contributed by atoms with E-state index in [1.807, 2.05) is 0 Å². The highest BCUT2D eigenvalue weighted by Gasteiger charge is 2.02. The minimum atomic E-state index is 0.563. The van der Waals surface area contributed by atoms with Crippen LogP contribution in [0.2, 0.25) is 0 Å². The first kappa shape index (κ1) is 9.11. The lowest BCUT2D eigenvalue weighted by molar-refractivity contribution is 0.754. The fraction of sp³-hybridized carbons (Fsp3) is 0.455. The van der Waals surface area contributed by atoms with E-state index in [0.717, 1.165) is 0 Å². The molecule has 0 aliphatic heterocycles. The molecule has 66 valence electrons. The van der Waals surface area contributed by atoms with E-state index in [2.05, 4.69) is 57.0 Å². The van der Waals surface area contributed by atoms with Gasteiger partial charge >= 0.3 is 0 Å². The average molecular weight is 163 g/mol. The van der Waals surface area contributed by atoms with Gasteiger partial charge in [0, 0.05) is 18.8 Å². The molecule has 0 unspecified atom stereocenters. The summed E-state index contributed by atoms with van der Waals surface area (Å²) < 4.78 is 0. The zero-order chi connectivity index (χ0) is 9.14. The number of hydrogen-bond acceptors (Lipinski definition) is 1. The Bertz CT molecular complexity index is 236. The molecule has 1 heteroatoms. The number of aryl methyl sites for hydroxylation is 1. The molecule has 0 amide bonds. The van der Waals surface area contributed by atoms with Gasteiger partial charge in [-0.05, 0) is 32.9 Å². The summed E-state index contributed by atoms with van der Waals surface area (Å²) in [5.41, 5.74) is 2.60. The van der Waals surface area contributed by atoms with Crippen LogP contribution >= 0.6 is 0 Å². The fourth-order valence-electron chi connectivity index (χ4n) is 1.08. The lowest BCUT2D eigenvalue weighted by Crippen LogP contribution is -2.25. The van der Waals surface area contributed by atoms with E-state index in [4.69, 9.17) is 0 Å². The molecule has 0 N–H and O–H groups in total. The monoisotopic (exact) mass is 163 g/mol. The Morgan fingerprint density at radius 2 is 1.58 bits per heavy atom. The summed E-state index contributed by atoms with van der Waals surface area (Å²) in [6.07, 6.45) is 0. The number of anilines is 1. The van der Waals surface area contributed by atoms with Crippen molar-refractivity contribution in [1.29, 1.82) is 0 Å². The van der Waals surface area contributed by atoms with Crippen LogP contribution in [0.4, 0.5) is 5.69 Å². The normalized spacial score (nSPS) is 10.4. The molecule has 1 rings (SSSR count). The van der Waals surface area contributed by atoms with Crippen LogP contribution in [0.5, 0.6) is 0 Å². The highest BCUT2D eigenvalue weighted by molar-refractivity contribution is 5.47. The van der Waals surface area contributed by atoms with Crippen LogP contribution in [-0.2, 0) is 0 Å². The molecule has 0 fully saturated rings. The Hall–Kier alpha value is -0.980. The first-order chi connectivity index (χ1) is 5.61. The van der Waals surface area contributed by atoms with E-state index in [1.165, 1.54) is 11.3 Å². The van der Waals surface area contributed by atoms with Crippen molar-refractivity contribution in [2.75, 3.05) is 11.9 Å². The molecule has 0 atom stereocenters. The van der Waals surface area contributed by atoms with E-state index < -0.39 is 0 Å². The molecule has 0 aliphatic carbocycles. The van der Waals surface area contributed by atoms with Crippen molar-refractivity contribution in [3.8, 4) is 0 Å². The predicted octanol–water partition coefficient (Wildman–Crippen LogP) is 2.84. The van der Waals surface area contributed by atoms with Gasteiger partial charge in [-0.1, -0.05) is 17.7 Å². The summed E-state index contributed by atoms with van der Waals surface area (Å²) in [5.74, 6) is 0. The average Bonchev–Trinajstić information content (AvgIpc) is 2.04. The summed E-state index contributed by atoms with van der Waals surface area (Å²) in [7, 11) is 2.12. The van der Waals surface area contributed by atoms with Crippen LogP contribution in [0.15, 0.2) is 24.3 Å². The second-order valence-electron chi connectivity index (χ2n) is 3.54. The molecule has 1 aromatic carbocycles. The topological polar surface area (TPSA) is 3.24 Å². The summed E-state index contributed by atoms with van der Waals surface area (Å²) in [6, 6.07) is 9.18. The molecule has 0 aromatic heterocycles. The van der Waals surface area contributed by atoms with Crippen LogP contribution in [0.25, 0.3) is 0 Å². The van der Waals surface area contributed by atoms with E-state index in [1.54, 1.807) is 0 Å². The van der Waals surface area contributed by atoms with Crippen LogP contribution in [0, 0.1) is 6.92 Å². The molecule has 0 saturated heterocycles. The Kier molecular flexibility index (Phi) is 2.74. The third-order valence-corrected chi connectivity index (χ3v) is 2.22. The molecule has 0 aliphatic rings. The van der Waals surface area contributed by atoms with Gasteiger partial charge in [-0.15, -0.1) is 0 Å². The Morgan fingerprint density at radius 1 is 1.08 bits per heavy atom. The lowest BCUT2D eigenvalue weighted by Gasteiger charge is -2.23. The Balaban J connectivity index is 2.82. The van der Waals surface area contributed by atoms with E-state index in [9.17, 15) is 0 Å². The maximum atomic E-state index is 2.26. The maximum absolute atomic E-state index is 2.26. The number of hydrogen-bond donors (Lipinski definition) is 0. The molecule has 0 bridgehead atoms. The minimum absolute atomic E-state index is 0.563. The van der Waals surface area contributed by atoms with Crippen molar-refractivity contribution in [2.24, 2.45) is 0 Å². The molecule has 0 heterocycles. The third kappa shape index (κ3) is 2.00. The zero-order valence-electron chi connectivity index (χ0n) is 8.33. The first-order valence-corrected chi connectivity index (χ1v) is 4.41. The second-order valence-corrected chi connectivity index (χ2v) is 3.54. The number of benzene rings is 1. The van der Waals surface area contributed by atoms with Crippen LogP contribution in [-0.4, -0.2) is 13.1 Å². The Labute approximate surface area is 75.0 Å². The molecule has 1 aromatic rings. The second kappa shape index (κ2) is 3.61. The van der Waals surface area contributed by atoms with Crippen LogP contribution in [0.3, 0.4) is 0 Å². The van der Waals surface area contributed by atoms with Gasteiger partial charge in [0.2, 0.25) is 0 Å². The highest BCUT2D eigenvalue weighted by atomic mass is 15.1. The zero-order valence-corrected chi connectivity index (χ0v) is 8.33. The fourth-order valence-corrected chi connectivity index (χ4v) is 1.08. The van der Waals surface area contributed by atoms with Gasteiger partial charge in [0.1, 0.15) is 0 Å². The minimum Gasteiger partial charge on any atom is -0.372 e. The van der Waals surface area contributed by atoms with Crippen molar-refractivity contribution in [2.45, 2.75) is 26.8 Å². The van der Waals surface area contributed by atoms with Crippen molar-refractivity contribution in [1.82, 2.24) is 0 Å². The van der Waals surface area contributed by atoms with Gasteiger partial charge in [-0.25, -0.2) is 0 Å². The van der Waals surface area contributed by atoms with Crippen LogP contribution < -0.4 is 4.90 Å². The van der Waals surface area contributed by atoms with E-state index in [0.29, 0.717) is 6.04 Å². The van der Waals surface area contributed by atoms with Gasteiger partial charge in [0.25, 0.3) is 0 Å². The summed E-state index contributed by atoms with van der Waals surface area (Å²) in [6.45, 7) is 6.50. The molecule has 0 spiro atoms. The SMILES string of the molecule is Cc1ccc(N(C)C(C)C)cc1. The lowest BCUT2D eigenvalue weighted by atomic mass is 10.2. The molecule has 12 heavy (non-hydrogen) atoms. The van der Waals surface area contributed by atoms with Crippen molar-refractivity contribution in [3.63, 3.8) is 0 Å². The third-order valence-electron chi connectivity index (χ3n) is 2.22. The van der Waals surface area contributed by atoms with Gasteiger partial charge in [-0.2, -0.15) is 0 Å². The molecular formula is C11H17N. The largest absolute Gasteiger partial charge is 0.372 e. The molecule has 1 nitrogen and oxygen atoms in total. The molecule has 0 saturated carbocycles. The molecular weight excluding hydrogens is 146 g/mol. The highest BCUT2D eigenvalue weighted by Crippen LogP contribution is 2.15. The quantitative estimate of drug-likeness (QED) is 0.648. The first-order valence-electron chi connectivity index (χ1n) is 4.41. The summed E-state index contributed by atoms with van der Waals surface area (Å²) in [5, 5.41) is 0. The van der Waals surface area contributed by atoms with Gasteiger partial charge in [0.05, 0.1) is 0 Å². The molecule has 0 radical (unpaired) electrons. The van der Waals surface area contributed by atoms with Gasteiger partial charge in [-0.3, -0.25) is 0 Å². The van der Waals surface area contributed by atoms with Gasteiger partial charge < -0.3 is 4.90 Å². The maximum Gasteiger partial charge on any atom is 0.0366 e. The Morgan fingerprint density at radius 3 is 2.00 bits per heavy atom. The standard InChI is InChI=1S/C11H17N/c1-9(2)12(4)11-7-5-10(3)6-8-11/h5-9H,1-4H3. The van der Waals surface area contributed by atoms with Gasteiger partial charge in [0.15, 0.2) is 0 Å². The smallest absolute Gasteiger partial charge is 0.0366 e. The summed E-state index contributed by atoms with van der Waals surface area (Å²) in [4.78, 5) is 2.26. The van der Waals surface area contributed by atoms with Crippen molar-refractivity contribution >= 4 is 5.69 Å². The van der Waals surface area contributed by atoms with Crippen molar-refractivity contribution in [3.05, 3.63) is 29.8 Å². The van der Waals surface area contributed by atoms with Crippen molar-refractivity contribution < 1.29 is 0 Å². The predicted molar refractivity (Wildman–Crippen MR) is 54.7 cm³/mol. The number of rotatable bonds is 2. The number of nitrogens with zero attached hydrogens (tertiary/aromatic N) is 1. The van der Waals surface area contributed by atoms with Crippen LogP contribution in [0.1, 0.15) is 19.4 Å².